The molecule has 0 spiro atoms. The molecule has 7 aromatic heterocycles. The van der Waals surface area contributed by atoms with E-state index in [1.54, 1.807) is 40.3 Å². The number of imidazole rings is 1. The van der Waals surface area contributed by atoms with E-state index in [2.05, 4.69) is 301 Å². The third-order valence-electron chi connectivity index (χ3n) is 12.2. The van der Waals surface area contributed by atoms with Crippen molar-refractivity contribution in [1.82, 2.24) is 40.4 Å². The zero-order chi connectivity index (χ0) is 104. The second kappa shape index (κ2) is 125. The van der Waals surface area contributed by atoms with Gasteiger partial charge in [-0.25, -0.2) is 15.0 Å². The minimum atomic E-state index is 0.833. The largest absolute Gasteiger partial charge is 0.443 e. The van der Waals surface area contributed by atoms with Crippen LogP contribution in [0.4, 0.5) is 0 Å². The molecule has 1 aliphatic heterocycles. The first-order valence-electron chi connectivity index (χ1n) is 51.6. The fourth-order valence-electron chi connectivity index (χ4n) is 7.77. The van der Waals surface area contributed by atoms with Crippen molar-refractivity contribution in [2.24, 2.45) is 65.1 Å². The van der Waals surface area contributed by atoms with E-state index >= 15 is 0 Å². The van der Waals surface area contributed by atoms with Crippen LogP contribution in [0.15, 0.2) is 221 Å². The summed E-state index contributed by atoms with van der Waals surface area (Å²) < 4.78 is 7.64. The molecular weight excluding hydrogens is 1650 g/mol. The molecule has 0 atom stereocenters. The lowest BCUT2D eigenvalue weighted by atomic mass is 10.1. The zero-order valence-electron chi connectivity index (χ0n) is 95.3. The van der Waals surface area contributed by atoms with E-state index in [-0.39, 0.29) is 0 Å². The normalized spacial score (nSPS) is 10.3. The molecule has 3 aliphatic rings. The highest BCUT2D eigenvalue weighted by Crippen LogP contribution is 2.35. The molecule has 0 amide bonds. The predicted molar refractivity (Wildman–Crippen MR) is 621 cm³/mol. The van der Waals surface area contributed by atoms with Crippen LogP contribution in [0.25, 0.3) is 64.2 Å². The summed E-state index contributed by atoms with van der Waals surface area (Å²) in [4.78, 5) is 18.3. The summed E-state index contributed by atoms with van der Waals surface area (Å²) >= 11 is 5.18. The number of thiazole rings is 1. The monoisotopic (exact) mass is 1870 g/mol. The molecule has 9 nitrogen and oxygen atoms in total. The number of H-pyrrole nitrogens is 3. The number of hydrogen-bond donors (Lipinski definition) is 4. The van der Waals surface area contributed by atoms with E-state index in [9.17, 15) is 0 Å². The molecule has 0 radical (unpaired) electrons. The van der Waals surface area contributed by atoms with E-state index in [0.717, 1.165) is 104 Å². The maximum Gasteiger partial charge on any atom is 0.181 e. The number of aromatic nitrogens is 7. The summed E-state index contributed by atoms with van der Waals surface area (Å²) in [5.74, 6) is 9.56. The fourth-order valence-corrected chi connectivity index (χ4v) is 9.69. The maximum atomic E-state index is 5.01. The number of para-hydroxylation sites is 7. The Morgan fingerprint density at radius 1 is 0.298 bits per heavy atom. The van der Waals surface area contributed by atoms with Crippen molar-refractivity contribution in [2.45, 2.75) is 397 Å². The average Bonchev–Trinajstić information content (AvgIpc) is 1.77. The van der Waals surface area contributed by atoms with Gasteiger partial charge in [0.25, 0.3) is 0 Å². The molecule has 2 aliphatic carbocycles. The number of oxazole rings is 1. The minimum absolute atomic E-state index is 0.833. The number of aromatic amines is 3. The summed E-state index contributed by atoms with van der Waals surface area (Å²) in [7, 11) is 0. The van der Waals surface area contributed by atoms with Crippen LogP contribution in [-0.4, -0.2) is 48.2 Å². The SMILES string of the molecule is C1CCCC1.C1CCNC1.CC.CC.CC.CC.CC.CC.CC.CC.CC.CC.CC(C)C.CC(C)C.CC(C)C.CC(C)C.CC(C)C.CC(C)C.CC(C)C.CC(C)C.CC(C)C.CC(C)C1CC1.c1ccc2[nH]ccc2c1.c1ccc2[nH]cnc2c1.c1ccc2[nH]ncc2c1.c1ccc2ocnc2c1.c1ccc2sccc2c1.c1ccc2scnc2c1.c1ccsc1. The Kier molecular flexibility index (Phi) is 145. The second-order valence-corrected chi connectivity index (χ2v) is 36.4. The number of thiophene rings is 2. The molecule has 0 bridgehead atoms. The van der Waals surface area contributed by atoms with E-state index in [0.29, 0.717) is 0 Å². The van der Waals surface area contributed by atoms with Crippen molar-refractivity contribution >= 4 is 98.3 Å². The first-order chi connectivity index (χ1) is 62.7. The van der Waals surface area contributed by atoms with E-state index in [1.807, 2.05) is 282 Å². The van der Waals surface area contributed by atoms with E-state index in [4.69, 9.17) is 4.42 Å². The minimum Gasteiger partial charge on any atom is -0.443 e. The molecule has 4 N–H and O–H groups in total. The first kappa shape index (κ1) is 152. The highest BCUT2D eigenvalue weighted by molar-refractivity contribution is 7.17. The lowest BCUT2D eigenvalue weighted by Crippen LogP contribution is -2.03. The summed E-state index contributed by atoms with van der Waals surface area (Å²) in [6, 6.07) is 56.6. The summed E-state index contributed by atoms with van der Waals surface area (Å²) in [6.45, 7) is 106. The second-order valence-electron chi connectivity index (χ2n) is 33.7. The van der Waals surface area contributed by atoms with Crippen LogP contribution in [0, 0.1) is 65.1 Å². The highest BCUT2D eigenvalue weighted by atomic mass is 32.1. The Labute approximate surface area is 829 Å². The maximum absolute atomic E-state index is 5.01. The molecule has 3 fully saturated rings. The molecule has 6 aromatic carbocycles. The number of hydrogen-bond acceptors (Lipinski definition) is 9. The van der Waals surface area contributed by atoms with Crippen molar-refractivity contribution in [3.05, 3.63) is 217 Å². The molecule has 131 heavy (non-hydrogen) atoms. The topological polar surface area (TPSA) is 124 Å². The molecule has 13 aromatic rings. The fraction of sp³-hybridized carbons (Fsp3) is 0.597. The molecule has 12 heteroatoms. The number of nitrogens with zero attached hydrogens (tertiary/aromatic N) is 4. The summed E-state index contributed by atoms with van der Waals surface area (Å²) in [6.07, 6.45) is 20.2. The molecule has 760 valence electrons. The van der Waals surface area contributed by atoms with Gasteiger partial charge < -0.3 is 19.7 Å². The van der Waals surface area contributed by atoms with Gasteiger partial charge in [0.1, 0.15) is 5.52 Å². The summed E-state index contributed by atoms with van der Waals surface area (Å²) in [5.41, 5.74) is 9.15. The predicted octanol–water partition coefficient (Wildman–Crippen LogP) is 43.7. The van der Waals surface area contributed by atoms with Crippen LogP contribution in [0.1, 0.15) is 397 Å². The van der Waals surface area contributed by atoms with Crippen LogP contribution in [0.3, 0.4) is 0 Å². The molecule has 1 saturated heterocycles. The smallest absolute Gasteiger partial charge is 0.181 e. The van der Waals surface area contributed by atoms with Gasteiger partial charge in [0.15, 0.2) is 12.0 Å². The van der Waals surface area contributed by atoms with Crippen LogP contribution < -0.4 is 5.32 Å². The Balaban J connectivity index is -0.000000102. The van der Waals surface area contributed by atoms with Crippen molar-refractivity contribution in [1.29, 1.82) is 0 Å². The van der Waals surface area contributed by atoms with Crippen molar-refractivity contribution < 1.29 is 4.42 Å². The highest BCUT2D eigenvalue weighted by Gasteiger charge is 2.24. The lowest BCUT2D eigenvalue weighted by molar-refractivity contribution is 0.563. The standard InChI is InChI=1S/C8H7N.C8H6S.2C7H6N2.C7H5NO.C7H5NS.C6H12.C5H10.C4H9N.C4H4S.9C4H10.10C2H6/c2*1-2-4-8-7(3-1)5-6-9-8;1-2-4-7-6(3-1)8-5-9-7;1-2-4-7-6(3-1)5-8-9-7;2*1-2-4-7-6(3-1)8-5-9-7;1-5(2)6-3-4-6;3*1-2-4-5-3-1;9*1-4(2)3;10*1-2/h1-6,9H;1-6H;2*1-5H,(H,8,9);2*1-5H;5-6H,3-4H2,1-2H3;1-5H2;5H,1-4H2;1-4H;9*4H,1-3H3;10*1-2H3. The zero-order valence-corrected chi connectivity index (χ0v) is 97.8. The first-order valence-corrected chi connectivity index (χ1v) is 54.3. The van der Waals surface area contributed by atoms with Gasteiger partial charge in [-0.05, 0) is 198 Å². The molecular formula is C119H220N8OS3. The van der Waals surface area contributed by atoms with E-state index in [1.165, 1.54) is 103 Å². The molecule has 2 saturated carbocycles. The lowest BCUT2D eigenvalue weighted by Gasteiger charge is -1.94. The van der Waals surface area contributed by atoms with Crippen molar-refractivity contribution in [2.75, 3.05) is 13.1 Å². The molecule has 16 rings (SSSR count). The van der Waals surface area contributed by atoms with Crippen molar-refractivity contribution in [3.63, 3.8) is 0 Å². The third-order valence-corrected chi connectivity index (χ3v) is 14.5. The van der Waals surface area contributed by atoms with Gasteiger partial charge >= 0.3 is 0 Å². The van der Waals surface area contributed by atoms with Gasteiger partial charge in [0, 0.05) is 21.8 Å². The van der Waals surface area contributed by atoms with Gasteiger partial charge in [-0.1, -0.05) is 474 Å². The average molecular weight is 1880 g/mol. The number of fused-ring (bicyclic) bond motifs is 6. The van der Waals surface area contributed by atoms with Crippen LogP contribution in [-0.2, 0) is 0 Å². The molecule has 0 unspecified atom stereocenters. The van der Waals surface area contributed by atoms with Gasteiger partial charge in [-0.3, -0.25) is 5.10 Å². The molecule has 8 heterocycles. The van der Waals surface area contributed by atoms with Crippen LogP contribution >= 0.6 is 34.0 Å². The van der Waals surface area contributed by atoms with Gasteiger partial charge in [0.2, 0.25) is 0 Å². The number of nitrogens with one attached hydrogen (secondary N) is 4. The Hall–Kier alpha value is -7.22. The Morgan fingerprint density at radius 3 is 0.985 bits per heavy atom. The quantitative estimate of drug-likeness (QED) is 0.130. The van der Waals surface area contributed by atoms with Crippen molar-refractivity contribution in [3.8, 4) is 0 Å². The number of benzene rings is 6. The van der Waals surface area contributed by atoms with Gasteiger partial charge in [-0.2, -0.15) is 16.4 Å². The van der Waals surface area contributed by atoms with Crippen LogP contribution in [0.5, 0.6) is 0 Å². The van der Waals surface area contributed by atoms with Gasteiger partial charge in [0.05, 0.1) is 44.8 Å². The Morgan fingerprint density at radius 2 is 0.649 bits per heavy atom. The van der Waals surface area contributed by atoms with Gasteiger partial charge in [-0.15, -0.1) is 22.7 Å². The Bertz CT molecular complexity index is 3100. The third kappa shape index (κ3) is 131. The van der Waals surface area contributed by atoms with Crippen LogP contribution in [0.2, 0.25) is 0 Å². The summed E-state index contributed by atoms with van der Waals surface area (Å²) in [5, 5.41) is 20.0. The number of rotatable bonds is 1. The van der Waals surface area contributed by atoms with E-state index < -0.39 is 0 Å².